The Morgan fingerprint density at radius 3 is 2.32 bits per heavy atom. The van der Waals surface area contributed by atoms with Gasteiger partial charge in [-0.2, -0.15) is 0 Å². The van der Waals surface area contributed by atoms with E-state index >= 15 is 0 Å². The Hall–Kier alpha value is -3.91. The highest BCUT2D eigenvalue weighted by Gasteiger charge is 2.21. The molecule has 0 aliphatic heterocycles. The van der Waals surface area contributed by atoms with Gasteiger partial charge in [0, 0.05) is 12.1 Å². The van der Waals surface area contributed by atoms with E-state index in [1.54, 1.807) is 55.5 Å². The first-order valence-electron chi connectivity index (χ1n) is 10.6. The fourth-order valence-electron chi connectivity index (χ4n) is 3.40. The number of aryl methyl sites for hydroxylation is 3. The maximum atomic E-state index is 13.1. The molecule has 0 spiro atoms. The monoisotopic (exact) mass is 477 g/mol. The van der Waals surface area contributed by atoms with Crippen molar-refractivity contribution in [2.75, 3.05) is 16.6 Å². The summed E-state index contributed by atoms with van der Waals surface area (Å²) in [6, 6.07) is 16.4. The van der Waals surface area contributed by atoms with Crippen molar-refractivity contribution >= 4 is 33.2 Å². The van der Waals surface area contributed by atoms with Crippen molar-refractivity contribution in [3.05, 3.63) is 101 Å². The van der Waals surface area contributed by atoms with Crippen molar-refractivity contribution in [1.82, 2.24) is 5.32 Å². The molecular formula is C26H27N3O4S. The van der Waals surface area contributed by atoms with Gasteiger partial charge in [0.05, 0.1) is 21.8 Å². The number of sulfonamides is 1. The van der Waals surface area contributed by atoms with Crippen molar-refractivity contribution in [1.29, 1.82) is 0 Å². The third-order valence-corrected chi connectivity index (χ3v) is 6.70. The Morgan fingerprint density at radius 2 is 1.62 bits per heavy atom. The van der Waals surface area contributed by atoms with Gasteiger partial charge in [-0.15, -0.1) is 6.58 Å². The highest BCUT2D eigenvalue weighted by molar-refractivity contribution is 7.92. The molecule has 0 aliphatic rings. The largest absolute Gasteiger partial charge is 0.349 e. The van der Waals surface area contributed by atoms with Gasteiger partial charge in [-0.3, -0.25) is 14.3 Å². The molecule has 3 aromatic carbocycles. The zero-order chi connectivity index (χ0) is 24.9. The number of hydrogen-bond donors (Lipinski definition) is 3. The lowest BCUT2D eigenvalue weighted by Gasteiger charge is -2.15. The molecule has 3 N–H and O–H groups in total. The highest BCUT2D eigenvalue weighted by Crippen LogP contribution is 2.24. The summed E-state index contributed by atoms with van der Waals surface area (Å²) >= 11 is 0. The van der Waals surface area contributed by atoms with Crippen LogP contribution in [0.15, 0.2) is 78.2 Å². The van der Waals surface area contributed by atoms with Crippen LogP contribution in [-0.2, 0) is 10.0 Å². The Kier molecular flexibility index (Phi) is 7.53. The summed E-state index contributed by atoms with van der Waals surface area (Å²) in [6.45, 7) is 9.27. The molecule has 3 rings (SSSR count). The first-order chi connectivity index (χ1) is 16.1. The maximum absolute atomic E-state index is 13.1. The van der Waals surface area contributed by atoms with E-state index in [4.69, 9.17) is 0 Å². The number of amides is 2. The standard InChI is InChI=1S/C26H27N3O4S/c1-5-14-27-26(31)21-8-6-7-9-23(21)28-25(30)20-12-11-18(3)24(16-20)34(32,33)29-22-13-10-17(2)15-19(22)4/h5-13,15-16,29H,1,14H2,2-4H3,(H,27,31)(H,28,30). The number of hydrogen-bond acceptors (Lipinski definition) is 4. The molecule has 0 saturated carbocycles. The maximum Gasteiger partial charge on any atom is 0.262 e. The zero-order valence-electron chi connectivity index (χ0n) is 19.3. The van der Waals surface area contributed by atoms with E-state index in [1.807, 2.05) is 26.0 Å². The molecular weight excluding hydrogens is 450 g/mol. The molecule has 0 bridgehead atoms. The van der Waals surface area contributed by atoms with Crippen LogP contribution in [0.4, 0.5) is 11.4 Å². The van der Waals surface area contributed by atoms with Gasteiger partial charge in [-0.1, -0.05) is 42.0 Å². The van der Waals surface area contributed by atoms with Crippen molar-refractivity contribution in [3.8, 4) is 0 Å². The van der Waals surface area contributed by atoms with Gasteiger partial charge >= 0.3 is 0 Å². The second kappa shape index (κ2) is 10.4. The molecule has 0 aromatic heterocycles. The first-order valence-corrected chi connectivity index (χ1v) is 12.1. The highest BCUT2D eigenvalue weighted by atomic mass is 32.2. The first kappa shape index (κ1) is 24.7. The Bertz CT molecular complexity index is 1360. The summed E-state index contributed by atoms with van der Waals surface area (Å²) in [6.07, 6.45) is 1.56. The molecule has 3 aromatic rings. The lowest BCUT2D eigenvalue weighted by atomic mass is 10.1. The van der Waals surface area contributed by atoms with E-state index in [2.05, 4.69) is 21.9 Å². The number of nitrogens with one attached hydrogen (secondary N) is 3. The number of benzene rings is 3. The molecule has 176 valence electrons. The number of rotatable bonds is 8. The average molecular weight is 478 g/mol. The quantitative estimate of drug-likeness (QED) is 0.413. The third-order valence-electron chi connectivity index (χ3n) is 5.19. The van der Waals surface area contributed by atoms with Crippen molar-refractivity contribution in [2.45, 2.75) is 25.7 Å². The van der Waals surface area contributed by atoms with Crippen LogP contribution in [0.5, 0.6) is 0 Å². The van der Waals surface area contributed by atoms with E-state index in [9.17, 15) is 18.0 Å². The van der Waals surface area contributed by atoms with E-state index in [1.165, 1.54) is 6.07 Å². The lowest BCUT2D eigenvalue weighted by molar-refractivity contribution is 0.0959. The van der Waals surface area contributed by atoms with E-state index in [-0.39, 0.29) is 28.5 Å². The second-order valence-corrected chi connectivity index (χ2v) is 9.55. The number of carbonyl (C=O) groups excluding carboxylic acids is 2. The Balaban J connectivity index is 1.88. The van der Waals surface area contributed by atoms with Crippen LogP contribution in [-0.4, -0.2) is 26.8 Å². The molecule has 0 radical (unpaired) electrons. The van der Waals surface area contributed by atoms with Crippen LogP contribution in [0.3, 0.4) is 0 Å². The van der Waals surface area contributed by atoms with Gasteiger partial charge in [0.15, 0.2) is 0 Å². The lowest BCUT2D eigenvalue weighted by Crippen LogP contribution is -2.25. The zero-order valence-corrected chi connectivity index (χ0v) is 20.1. The summed E-state index contributed by atoms with van der Waals surface area (Å²) < 4.78 is 28.9. The molecule has 0 unspecified atom stereocenters. The Morgan fingerprint density at radius 1 is 0.882 bits per heavy atom. The minimum absolute atomic E-state index is 0.00265. The number of anilines is 2. The smallest absolute Gasteiger partial charge is 0.262 e. The normalized spacial score (nSPS) is 10.9. The molecule has 0 fully saturated rings. The summed E-state index contributed by atoms with van der Waals surface area (Å²) in [5.74, 6) is -0.896. The number of para-hydroxylation sites is 1. The fraction of sp³-hybridized carbons (Fsp3) is 0.154. The SMILES string of the molecule is C=CCNC(=O)c1ccccc1NC(=O)c1ccc(C)c(S(=O)(=O)Nc2ccc(C)cc2C)c1. The Labute approximate surface area is 200 Å². The average Bonchev–Trinajstić information content (AvgIpc) is 2.79. The van der Waals surface area contributed by atoms with Crippen LogP contribution in [0.1, 0.15) is 37.4 Å². The minimum Gasteiger partial charge on any atom is -0.349 e. The van der Waals surface area contributed by atoms with E-state index < -0.39 is 15.9 Å². The van der Waals surface area contributed by atoms with Gasteiger partial charge in [0.2, 0.25) is 0 Å². The van der Waals surface area contributed by atoms with Gasteiger partial charge in [-0.05, 0) is 62.2 Å². The van der Waals surface area contributed by atoms with Crippen LogP contribution >= 0.6 is 0 Å². The van der Waals surface area contributed by atoms with E-state index in [0.29, 0.717) is 16.9 Å². The molecule has 0 saturated heterocycles. The number of carbonyl (C=O) groups is 2. The van der Waals surface area contributed by atoms with Crippen molar-refractivity contribution < 1.29 is 18.0 Å². The minimum atomic E-state index is -3.94. The summed E-state index contributed by atoms with van der Waals surface area (Å²) in [5.41, 5.74) is 3.53. The molecule has 8 heteroatoms. The molecule has 7 nitrogen and oxygen atoms in total. The summed E-state index contributed by atoms with van der Waals surface area (Å²) in [7, 11) is -3.94. The fourth-order valence-corrected chi connectivity index (χ4v) is 4.81. The topological polar surface area (TPSA) is 104 Å². The van der Waals surface area contributed by atoms with E-state index in [0.717, 1.165) is 11.1 Å². The second-order valence-electron chi connectivity index (χ2n) is 7.90. The third kappa shape index (κ3) is 5.71. The van der Waals surface area contributed by atoms with Crippen LogP contribution < -0.4 is 15.4 Å². The van der Waals surface area contributed by atoms with Gasteiger partial charge < -0.3 is 10.6 Å². The molecule has 0 atom stereocenters. The molecule has 34 heavy (non-hydrogen) atoms. The molecule has 0 aliphatic carbocycles. The van der Waals surface area contributed by atoms with Gasteiger partial charge in [-0.25, -0.2) is 8.42 Å². The van der Waals surface area contributed by atoms with Gasteiger partial charge in [0.25, 0.3) is 21.8 Å². The molecule has 2 amide bonds. The predicted molar refractivity (Wildman–Crippen MR) is 135 cm³/mol. The van der Waals surface area contributed by atoms with Crippen LogP contribution in [0, 0.1) is 20.8 Å². The van der Waals surface area contributed by atoms with Gasteiger partial charge in [0.1, 0.15) is 0 Å². The van der Waals surface area contributed by atoms with Crippen molar-refractivity contribution in [2.24, 2.45) is 0 Å². The van der Waals surface area contributed by atoms with Crippen LogP contribution in [0.25, 0.3) is 0 Å². The van der Waals surface area contributed by atoms with Crippen molar-refractivity contribution in [3.63, 3.8) is 0 Å². The summed E-state index contributed by atoms with van der Waals surface area (Å²) in [4.78, 5) is 25.4. The predicted octanol–water partition coefficient (Wildman–Crippen LogP) is 4.58. The molecule has 0 heterocycles. The summed E-state index contributed by atoms with van der Waals surface area (Å²) in [5, 5.41) is 5.38. The van der Waals surface area contributed by atoms with Crippen LogP contribution in [0.2, 0.25) is 0 Å².